The molecule has 1 aliphatic rings. The van der Waals surface area contributed by atoms with Crippen molar-refractivity contribution in [3.8, 4) is 0 Å². The van der Waals surface area contributed by atoms with Gasteiger partial charge in [0.15, 0.2) is 0 Å². The van der Waals surface area contributed by atoms with Gasteiger partial charge in [0.05, 0.1) is 12.7 Å². The summed E-state index contributed by atoms with van der Waals surface area (Å²) >= 11 is 2.01. The largest absolute Gasteiger partial charge is 0.377 e. The molecule has 1 N–H and O–H groups in total. The van der Waals surface area contributed by atoms with E-state index in [1.54, 1.807) is 0 Å². The summed E-state index contributed by atoms with van der Waals surface area (Å²) in [7, 11) is 0. The van der Waals surface area contributed by atoms with Crippen molar-refractivity contribution in [3.05, 3.63) is 35.4 Å². The number of rotatable bonds is 5. The summed E-state index contributed by atoms with van der Waals surface area (Å²) in [6.07, 6.45) is 0.324. The fraction of sp³-hybridized carbons (Fsp3) is 0.571. The second-order valence-corrected chi connectivity index (χ2v) is 5.67. The Morgan fingerprint density at radius 2 is 2.24 bits per heavy atom. The van der Waals surface area contributed by atoms with Crippen molar-refractivity contribution >= 4 is 11.8 Å². The highest BCUT2D eigenvalue weighted by Gasteiger charge is 2.18. The van der Waals surface area contributed by atoms with Crippen LogP contribution >= 0.6 is 11.8 Å². The monoisotopic (exact) mass is 251 g/mol. The number of thioether (sulfide) groups is 1. The summed E-state index contributed by atoms with van der Waals surface area (Å²) in [5.41, 5.74) is 2.95. The van der Waals surface area contributed by atoms with E-state index < -0.39 is 0 Å². The molecule has 0 fully saturated rings. The van der Waals surface area contributed by atoms with Crippen LogP contribution in [-0.4, -0.2) is 25.0 Å². The topological polar surface area (TPSA) is 21.3 Å². The molecule has 0 amide bonds. The van der Waals surface area contributed by atoms with E-state index in [9.17, 15) is 0 Å². The Bertz CT molecular complexity index is 354. The second-order valence-electron chi connectivity index (χ2n) is 4.64. The van der Waals surface area contributed by atoms with Crippen molar-refractivity contribution in [1.29, 1.82) is 0 Å². The van der Waals surface area contributed by atoms with Crippen LogP contribution in [0.3, 0.4) is 0 Å². The zero-order valence-corrected chi connectivity index (χ0v) is 11.4. The fourth-order valence-corrected chi connectivity index (χ4v) is 3.21. The van der Waals surface area contributed by atoms with Gasteiger partial charge in [-0.2, -0.15) is 11.8 Å². The zero-order valence-electron chi connectivity index (χ0n) is 10.6. The maximum Gasteiger partial charge on any atom is 0.0594 e. The smallest absolute Gasteiger partial charge is 0.0594 e. The van der Waals surface area contributed by atoms with E-state index in [1.807, 2.05) is 11.8 Å². The van der Waals surface area contributed by atoms with Crippen LogP contribution in [0.25, 0.3) is 0 Å². The van der Waals surface area contributed by atoms with E-state index in [1.165, 1.54) is 16.9 Å². The highest BCUT2D eigenvalue weighted by molar-refractivity contribution is 7.98. The van der Waals surface area contributed by atoms with Crippen molar-refractivity contribution in [1.82, 2.24) is 5.32 Å². The predicted molar refractivity (Wildman–Crippen MR) is 74.4 cm³/mol. The number of nitrogens with one attached hydrogen (secondary N) is 1. The minimum absolute atomic E-state index is 0.324. The summed E-state index contributed by atoms with van der Waals surface area (Å²) in [5, 5.41) is 3.59. The molecule has 0 aromatic heterocycles. The highest BCUT2D eigenvalue weighted by atomic mass is 32.2. The lowest BCUT2D eigenvalue weighted by atomic mass is 10.0. The van der Waals surface area contributed by atoms with Crippen molar-refractivity contribution < 1.29 is 4.74 Å². The molecular formula is C14H21NOS. The Morgan fingerprint density at radius 3 is 3.06 bits per heavy atom. The molecule has 0 spiro atoms. The number of ether oxygens (including phenoxy) is 1. The average Bonchev–Trinajstić information content (AvgIpc) is 2.34. The van der Waals surface area contributed by atoms with Gasteiger partial charge in [0.2, 0.25) is 0 Å². The maximum atomic E-state index is 5.55. The van der Waals surface area contributed by atoms with Gasteiger partial charge in [0, 0.05) is 24.1 Å². The SMILES string of the molecule is CC(C)OCCNC1CSCc2ccccc21. The Balaban J connectivity index is 1.86. The maximum absolute atomic E-state index is 5.55. The Morgan fingerprint density at radius 1 is 1.41 bits per heavy atom. The molecule has 0 aliphatic carbocycles. The van der Waals surface area contributed by atoms with E-state index in [-0.39, 0.29) is 0 Å². The van der Waals surface area contributed by atoms with E-state index in [0.29, 0.717) is 12.1 Å². The first-order valence-corrected chi connectivity index (χ1v) is 7.43. The molecule has 2 rings (SSSR count). The Labute approximate surface area is 108 Å². The molecule has 17 heavy (non-hydrogen) atoms. The standard InChI is InChI=1S/C14H21NOS/c1-11(2)16-8-7-15-14-10-17-9-12-5-3-4-6-13(12)14/h3-6,11,14-15H,7-10H2,1-2H3. The van der Waals surface area contributed by atoms with Gasteiger partial charge in [0.25, 0.3) is 0 Å². The van der Waals surface area contributed by atoms with Crippen molar-refractivity contribution in [3.63, 3.8) is 0 Å². The number of fused-ring (bicyclic) bond motifs is 1. The first-order chi connectivity index (χ1) is 8.27. The lowest BCUT2D eigenvalue weighted by Gasteiger charge is -2.26. The van der Waals surface area contributed by atoms with E-state index in [4.69, 9.17) is 4.74 Å². The second kappa shape index (κ2) is 6.43. The molecule has 0 bridgehead atoms. The van der Waals surface area contributed by atoms with Crippen LogP contribution in [0.5, 0.6) is 0 Å². The number of benzene rings is 1. The van der Waals surface area contributed by atoms with Gasteiger partial charge in [-0.25, -0.2) is 0 Å². The number of hydrogen-bond donors (Lipinski definition) is 1. The summed E-state index contributed by atoms with van der Waals surface area (Å²) in [4.78, 5) is 0. The van der Waals surface area contributed by atoms with Crippen LogP contribution in [0.2, 0.25) is 0 Å². The van der Waals surface area contributed by atoms with Crippen LogP contribution in [0.4, 0.5) is 0 Å². The third-order valence-corrected chi connectivity index (χ3v) is 4.00. The summed E-state index contributed by atoms with van der Waals surface area (Å²) in [6, 6.07) is 9.23. The molecule has 2 nitrogen and oxygen atoms in total. The van der Waals surface area contributed by atoms with E-state index in [0.717, 1.165) is 18.9 Å². The van der Waals surface area contributed by atoms with Crippen LogP contribution < -0.4 is 5.32 Å². The summed E-state index contributed by atoms with van der Waals surface area (Å²) < 4.78 is 5.55. The van der Waals surface area contributed by atoms with Gasteiger partial charge in [-0.1, -0.05) is 24.3 Å². The van der Waals surface area contributed by atoms with Crippen molar-refractivity contribution in [2.75, 3.05) is 18.9 Å². The van der Waals surface area contributed by atoms with Gasteiger partial charge in [-0.05, 0) is 25.0 Å². The third kappa shape index (κ3) is 3.73. The molecule has 1 unspecified atom stereocenters. The molecular weight excluding hydrogens is 230 g/mol. The van der Waals surface area contributed by atoms with Crippen LogP contribution in [0.15, 0.2) is 24.3 Å². The zero-order chi connectivity index (χ0) is 12.1. The molecule has 1 heterocycles. The van der Waals surface area contributed by atoms with E-state index in [2.05, 4.69) is 43.4 Å². The van der Waals surface area contributed by atoms with Crippen LogP contribution in [-0.2, 0) is 10.5 Å². The molecule has 1 aromatic rings. The van der Waals surface area contributed by atoms with Gasteiger partial charge >= 0.3 is 0 Å². The normalized spacial score (nSPS) is 19.4. The van der Waals surface area contributed by atoms with Gasteiger partial charge in [0.1, 0.15) is 0 Å². The van der Waals surface area contributed by atoms with Crippen molar-refractivity contribution in [2.24, 2.45) is 0 Å². The molecule has 1 aliphatic heterocycles. The molecule has 0 saturated heterocycles. The average molecular weight is 251 g/mol. The van der Waals surface area contributed by atoms with Gasteiger partial charge < -0.3 is 10.1 Å². The minimum Gasteiger partial charge on any atom is -0.377 e. The fourth-order valence-electron chi connectivity index (χ4n) is 2.08. The third-order valence-electron chi connectivity index (χ3n) is 2.92. The van der Waals surface area contributed by atoms with E-state index >= 15 is 0 Å². The van der Waals surface area contributed by atoms with Crippen LogP contribution in [0.1, 0.15) is 31.0 Å². The molecule has 0 radical (unpaired) electrons. The quantitative estimate of drug-likeness (QED) is 0.813. The summed E-state index contributed by atoms with van der Waals surface area (Å²) in [5.74, 6) is 2.32. The van der Waals surface area contributed by atoms with Gasteiger partial charge in [-0.3, -0.25) is 0 Å². The first kappa shape index (κ1) is 12.9. The van der Waals surface area contributed by atoms with Crippen molar-refractivity contribution in [2.45, 2.75) is 31.7 Å². The van der Waals surface area contributed by atoms with Crippen LogP contribution in [0, 0.1) is 0 Å². The molecule has 1 aromatic carbocycles. The summed E-state index contributed by atoms with van der Waals surface area (Å²) in [6.45, 7) is 5.87. The minimum atomic E-state index is 0.324. The Hall–Kier alpha value is -0.510. The Kier molecular flexibility index (Phi) is 4.89. The molecule has 0 saturated carbocycles. The predicted octanol–water partition coefficient (Wildman–Crippen LogP) is 2.99. The molecule has 1 atom stereocenters. The molecule has 3 heteroatoms. The first-order valence-electron chi connectivity index (χ1n) is 6.28. The molecule has 94 valence electrons. The number of hydrogen-bond acceptors (Lipinski definition) is 3. The highest BCUT2D eigenvalue weighted by Crippen LogP contribution is 2.31. The van der Waals surface area contributed by atoms with Gasteiger partial charge in [-0.15, -0.1) is 0 Å². The lowest BCUT2D eigenvalue weighted by Crippen LogP contribution is -2.30. The lowest BCUT2D eigenvalue weighted by molar-refractivity contribution is 0.0797.